The van der Waals surface area contributed by atoms with E-state index in [1.54, 1.807) is 36.0 Å². The largest absolute Gasteiger partial charge is 0.338 e. The van der Waals surface area contributed by atoms with Crippen LogP contribution in [0.5, 0.6) is 0 Å². The molecule has 7 heteroatoms. The highest BCUT2D eigenvalue weighted by atomic mass is 16.2. The summed E-state index contributed by atoms with van der Waals surface area (Å²) in [5.41, 5.74) is 0.297. The van der Waals surface area contributed by atoms with Crippen LogP contribution in [0.25, 0.3) is 5.52 Å². The summed E-state index contributed by atoms with van der Waals surface area (Å²) in [7, 11) is 0. The van der Waals surface area contributed by atoms with E-state index >= 15 is 0 Å². The molecule has 0 aromatic carbocycles. The summed E-state index contributed by atoms with van der Waals surface area (Å²) in [6.07, 6.45) is 3.33. The normalized spacial score (nSPS) is 17.8. The lowest BCUT2D eigenvalue weighted by Gasteiger charge is -2.35. The van der Waals surface area contributed by atoms with Crippen LogP contribution in [0.1, 0.15) is 19.9 Å². The molecule has 7 nitrogen and oxygen atoms in total. The Morgan fingerprint density at radius 2 is 2.05 bits per heavy atom. The van der Waals surface area contributed by atoms with Gasteiger partial charge >= 0.3 is 0 Å². The molecule has 0 bridgehead atoms. The van der Waals surface area contributed by atoms with Gasteiger partial charge in [-0.25, -0.2) is 4.68 Å². The highest BCUT2D eigenvalue weighted by Crippen LogP contribution is 2.10. The average molecular weight is 303 g/mol. The summed E-state index contributed by atoms with van der Waals surface area (Å²) in [4.78, 5) is 29.2. The molecule has 1 amide bonds. The molecule has 2 aromatic rings. The van der Waals surface area contributed by atoms with Crippen molar-refractivity contribution in [3.63, 3.8) is 0 Å². The van der Waals surface area contributed by atoms with E-state index in [4.69, 9.17) is 0 Å². The molecule has 0 N–H and O–H groups in total. The van der Waals surface area contributed by atoms with Gasteiger partial charge in [0.2, 0.25) is 5.91 Å². The minimum Gasteiger partial charge on any atom is -0.338 e. The van der Waals surface area contributed by atoms with Crippen molar-refractivity contribution >= 4 is 11.4 Å². The van der Waals surface area contributed by atoms with E-state index in [0.29, 0.717) is 18.6 Å². The number of piperazine rings is 1. The van der Waals surface area contributed by atoms with E-state index in [0.717, 1.165) is 19.6 Å². The van der Waals surface area contributed by atoms with E-state index in [1.807, 2.05) is 4.90 Å². The van der Waals surface area contributed by atoms with Crippen molar-refractivity contribution in [2.75, 3.05) is 32.7 Å². The molecule has 118 valence electrons. The Balaban J connectivity index is 1.80. The molecule has 0 radical (unpaired) electrons. The first-order valence-corrected chi connectivity index (χ1v) is 7.67. The zero-order valence-electron chi connectivity index (χ0n) is 13.0. The van der Waals surface area contributed by atoms with Crippen LogP contribution in [0.15, 0.2) is 29.5 Å². The second kappa shape index (κ2) is 5.92. The number of fused-ring (bicyclic) bond motifs is 1. The zero-order valence-corrected chi connectivity index (χ0v) is 13.0. The number of carbonyl (C=O) groups excluding carboxylic acids is 1. The Bertz CT molecular complexity index is 727. The van der Waals surface area contributed by atoms with Crippen molar-refractivity contribution in [2.24, 2.45) is 0 Å². The van der Waals surface area contributed by atoms with Crippen LogP contribution in [0, 0.1) is 0 Å². The highest BCUT2D eigenvalue weighted by molar-refractivity contribution is 5.80. The number of nitrogens with zero attached hydrogens (tertiary/aromatic N) is 5. The van der Waals surface area contributed by atoms with Gasteiger partial charge < -0.3 is 14.2 Å². The number of hydrogen-bond donors (Lipinski definition) is 0. The van der Waals surface area contributed by atoms with Gasteiger partial charge in [0.15, 0.2) is 0 Å². The van der Waals surface area contributed by atoms with Gasteiger partial charge in [-0.05, 0) is 25.6 Å². The number of carbonyl (C=O) groups is 1. The Morgan fingerprint density at radius 1 is 1.32 bits per heavy atom. The molecule has 1 saturated heterocycles. The molecule has 1 aliphatic rings. The fourth-order valence-corrected chi connectivity index (χ4v) is 2.89. The number of hydrogen-bond acceptors (Lipinski definition) is 4. The molecule has 1 atom stereocenters. The second-order valence-electron chi connectivity index (χ2n) is 5.62. The second-order valence-corrected chi connectivity index (χ2v) is 5.62. The van der Waals surface area contributed by atoms with Crippen LogP contribution in [-0.4, -0.2) is 62.6 Å². The van der Waals surface area contributed by atoms with Gasteiger partial charge in [0, 0.05) is 32.4 Å². The first-order chi connectivity index (χ1) is 10.6. The van der Waals surface area contributed by atoms with Crippen LogP contribution in [0.4, 0.5) is 0 Å². The summed E-state index contributed by atoms with van der Waals surface area (Å²) < 4.78 is 2.94. The maximum Gasteiger partial charge on any atom is 0.291 e. The Morgan fingerprint density at radius 3 is 2.73 bits per heavy atom. The Hall–Kier alpha value is -2.15. The van der Waals surface area contributed by atoms with E-state index in [1.165, 1.54) is 4.68 Å². The quantitative estimate of drug-likeness (QED) is 0.814. The Labute approximate surface area is 128 Å². The summed E-state index contributed by atoms with van der Waals surface area (Å²) in [6, 6.07) is 2.94. The van der Waals surface area contributed by atoms with Crippen LogP contribution in [0.3, 0.4) is 0 Å². The van der Waals surface area contributed by atoms with Gasteiger partial charge in [-0.15, -0.1) is 0 Å². The number of aromatic nitrogens is 3. The lowest BCUT2D eigenvalue weighted by atomic mass is 10.2. The third-order valence-electron chi connectivity index (χ3n) is 4.36. The SMILES string of the molecule is CCN1CCN(C(=O)C(C)n2ncn3cccc3c2=O)CC1. The molecule has 1 unspecified atom stereocenters. The van der Waals surface area contributed by atoms with Crippen LogP contribution in [-0.2, 0) is 4.79 Å². The van der Waals surface area contributed by atoms with Crippen molar-refractivity contribution in [3.8, 4) is 0 Å². The van der Waals surface area contributed by atoms with Crippen LogP contribution >= 0.6 is 0 Å². The zero-order chi connectivity index (χ0) is 15.7. The van der Waals surface area contributed by atoms with Crippen molar-refractivity contribution in [3.05, 3.63) is 35.0 Å². The van der Waals surface area contributed by atoms with Gasteiger partial charge in [0.25, 0.3) is 5.56 Å². The molecule has 0 aliphatic carbocycles. The summed E-state index contributed by atoms with van der Waals surface area (Å²) in [5.74, 6) is -0.0405. The number of likely N-dealkylation sites (N-methyl/N-ethyl adjacent to an activating group) is 1. The molecular formula is C15H21N5O2. The smallest absolute Gasteiger partial charge is 0.291 e. The molecular weight excluding hydrogens is 282 g/mol. The predicted octanol–water partition coefficient (Wildman–Crippen LogP) is 0.221. The lowest BCUT2D eigenvalue weighted by molar-refractivity contribution is -0.136. The Kier molecular flexibility index (Phi) is 3.98. The van der Waals surface area contributed by atoms with Gasteiger partial charge in [-0.3, -0.25) is 9.59 Å². The minimum absolute atomic E-state index is 0.0405. The highest BCUT2D eigenvalue weighted by Gasteiger charge is 2.26. The standard InChI is InChI=1S/C15H21N5O2/c1-3-17-7-9-18(10-8-17)14(21)12(2)20-15(22)13-5-4-6-19(13)11-16-20/h4-6,11-12H,3,7-10H2,1-2H3. The van der Waals surface area contributed by atoms with Gasteiger partial charge in [0.1, 0.15) is 17.9 Å². The monoisotopic (exact) mass is 303 g/mol. The first-order valence-electron chi connectivity index (χ1n) is 7.67. The number of amides is 1. The maximum absolute atomic E-state index is 12.6. The van der Waals surface area contributed by atoms with Crippen molar-refractivity contribution in [1.29, 1.82) is 0 Å². The molecule has 0 spiro atoms. The molecule has 1 fully saturated rings. The van der Waals surface area contributed by atoms with Crippen molar-refractivity contribution in [1.82, 2.24) is 24.0 Å². The molecule has 3 rings (SSSR count). The summed E-state index contributed by atoms with van der Waals surface area (Å²) in [5, 5.41) is 4.13. The molecule has 1 aliphatic heterocycles. The summed E-state index contributed by atoms with van der Waals surface area (Å²) in [6.45, 7) is 8.05. The van der Waals surface area contributed by atoms with E-state index in [9.17, 15) is 9.59 Å². The maximum atomic E-state index is 12.6. The fourth-order valence-electron chi connectivity index (χ4n) is 2.89. The van der Waals surface area contributed by atoms with Gasteiger partial charge in [0.05, 0.1) is 0 Å². The first kappa shape index (κ1) is 14.8. The fraction of sp³-hybridized carbons (Fsp3) is 0.533. The van der Waals surface area contributed by atoms with Crippen LogP contribution < -0.4 is 5.56 Å². The summed E-state index contributed by atoms with van der Waals surface area (Å²) >= 11 is 0. The van der Waals surface area contributed by atoms with Gasteiger partial charge in [-0.2, -0.15) is 5.10 Å². The topological polar surface area (TPSA) is 62.9 Å². The number of rotatable bonds is 3. The third kappa shape index (κ3) is 2.52. The minimum atomic E-state index is -0.583. The van der Waals surface area contributed by atoms with Gasteiger partial charge in [-0.1, -0.05) is 6.92 Å². The van der Waals surface area contributed by atoms with E-state index in [2.05, 4.69) is 16.9 Å². The third-order valence-corrected chi connectivity index (χ3v) is 4.36. The van der Waals surface area contributed by atoms with Crippen molar-refractivity contribution < 1.29 is 4.79 Å². The van der Waals surface area contributed by atoms with Crippen molar-refractivity contribution in [2.45, 2.75) is 19.9 Å². The van der Waals surface area contributed by atoms with E-state index in [-0.39, 0.29) is 11.5 Å². The molecule has 0 saturated carbocycles. The van der Waals surface area contributed by atoms with Crippen LogP contribution in [0.2, 0.25) is 0 Å². The molecule has 22 heavy (non-hydrogen) atoms. The molecule has 3 heterocycles. The van der Waals surface area contributed by atoms with E-state index < -0.39 is 6.04 Å². The predicted molar refractivity (Wildman–Crippen MR) is 82.9 cm³/mol. The lowest BCUT2D eigenvalue weighted by Crippen LogP contribution is -2.51. The molecule has 2 aromatic heterocycles. The average Bonchev–Trinajstić information content (AvgIpc) is 3.03.